The molecule has 2 unspecified atom stereocenters. The number of nitrogens with two attached hydrogens (primary N) is 1. The predicted molar refractivity (Wildman–Crippen MR) is 75.6 cm³/mol. The van der Waals surface area contributed by atoms with Crippen LogP contribution in [0.5, 0.6) is 11.5 Å². The van der Waals surface area contributed by atoms with Gasteiger partial charge in [0.1, 0.15) is 12.2 Å². The van der Waals surface area contributed by atoms with E-state index in [0.717, 1.165) is 0 Å². The van der Waals surface area contributed by atoms with Crippen molar-refractivity contribution in [2.45, 2.75) is 31.0 Å². The van der Waals surface area contributed by atoms with E-state index < -0.39 is 37.1 Å². The van der Waals surface area contributed by atoms with Gasteiger partial charge < -0.3 is 40.7 Å². The third-order valence-corrected chi connectivity index (χ3v) is 3.07. The Morgan fingerprint density at radius 3 is 2.65 bits per heavy atom. The SMILES string of the molecule is COc1ccnc(C(N)=O)c1O.OCC1O[C@H](O)CC(O)[C@@H]1O. The van der Waals surface area contributed by atoms with Crippen LogP contribution in [0.1, 0.15) is 16.9 Å². The average Bonchev–Trinajstić information content (AvgIpc) is 2.51. The lowest BCUT2D eigenvalue weighted by molar-refractivity contribution is -0.239. The Bertz CT molecular complexity index is 527. The number of aliphatic hydroxyl groups is 4. The maximum Gasteiger partial charge on any atom is 0.271 e. The molecule has 1 amide bonds. The summed E-state index contributed by atoms with van der Waals surface area (Å²) in [7, 11) is 1.37. The molecule has 23 heavy (non-hydrogen) atoms. The van der Waals surface area contributed by atoms with Gasteiger partial charge in [-0.05, 0) is 0 Å². The van der Waals surface area contributed by atoms with E-state index in [1.165, 1.54) is 19.4 Å². The standard InChI is InChI=1S/C7H8N2O3.C6H12O5/c1-12-4-2-3-9-5(6(4)10)7(8)11;7-2-4-6(10)3(8)1-5(9)11-4/h2-3,10H,1H3,(H2,8,11);3-10H,1-2H2/t;3?,4?,5-,6-/m.0/s1. The third kappa shape index (κ3) is 5.01. The molecule has 2 rings (SSSR count). The van der Waals surface area contributed by atoms with Gasteiger partial charge in [-0.3, -0.25) is 4.79 Å². The molecule has 1 saturated heterocycles. The monoisotopic (exact) mass is 332 g/mol. The zero-order valence-corrected chi connectivity index (χ0v) is 12.4. The Balaban J connectivity index is 0.000000231. The number of amides is 1. The van der Waals surface area contributed by atoms with Crippen LogP contribution in [-0.2, 0) is 4.74 Å². The number of aromatic nitrogens is 1. The van der Waals surface area contributed by atoms with Gasteiger partial charge >= 0.3 is 0 Å². The number of hydrogen-bond acceptors (Lipinski definition) is 9. The maximum absolute atomic E-state index is 10.6. The van der Waals surface area contributed by atoms with Crippen LogP contribution < -0.4 is 10.5 Å². The van der Waals surface area contributed by atoms with Crippen molar-refractivity contribution < 1.29 is 39.8 Å². The Morgan fingerprint density at radius 2 is 2.13 bits per heavy atom. The second-order valence-electron chi connectivity index (χ2n) is 4.68. The molecular formula is C13H20N2O8. The van der Waals surface area contributed by atoms with Crippen LogP contribution >= 0.6 is 0 Å². The maximum atomic E-state index is 10.6. The minimum atomic E-state index is -1.11. The minimum absolute atomic E-state index is 0.0162. The lowest BCUT2D eigenvalue weighted by Gasteiger charge is -2.33. The van der Waals surface area contributed by atoms with E-state index in [-0.39, 0.29) is 23.6 Å². The van der Waals surface area contributed by atoms with Crippen molar-refractivity contribution in [2.75, 3.05) is 13.7 Å². The first-order chi connectivity index (χ1) is 10.8. The Hall–Kier alpha value is -1.98. The largest absolute Gasteiger partial charge is 0.503 e. The number of aliphatic hydroxyl groups excluding tert-OH is 4. The molecule has 1 fully saturated rings. The van der Waals surface area contributed by atoms with Crippen molar-refractivity contribution in [3.8, 4) is 11.5 Å². The highest BCUT2D eigenvalue weighted by Gasteiger charge is 2.35. The van der Waals surface area contributed by atoms with Gasteiger partial charge in [-0.25, -0.2) is 4.98 Å². The molecule has 10 nitrogen and oxygen atoms in total. The highest BCUT2D eigenvalue weighted by molar-refractivity contribution is 5.94. The van der Waals surface area contributed by atoms with Crippen molar-refractivity contribution >= 4 is 5.91 Å². The highest BCUT2D eigenvalue weighted by Crippen LogP contribution is 2.26. The zero-order valence-electron chi connectivity index (χ0n) is 12.4. The quantitative estimate of drug-likeness (QED) is 0.355. The lowest BCUT2D eigenvalue weighted by Crippen LogP contribution is -2.49. The fourth-order valence-electron chi connectivity index (χ4n) is 1.86. The summed E-state index contributed by atoms with van der Waals surface area (Å²) in [5.74, 6) is -0.933. The summed E-state index contributed by atoms with van der Waals surface area (Å²) < 4.78 is 9.45. The number of carbonyl (C=O) groups excluding carboxylic acids is 1. The summed E-state index contributed by atoms with van der Waals surface area (Å²) in [5, 5.41) is 44.9. The topological polar surface area (TPSA) is 176 Å². The first-order valence-electron chi connectivity index (χ1n) is 6.64. The van der Waals surface area contributed by atoms with E-state index in [2.05, 4.69) is 4.98 Å². The Kier molecular flexibility index (Phi) is 7.13. The summed E-state index contributed by atoms with van der Waals surface area (Å²) in [4.78, 5) is 14.2. The summed E-state index contributed by atoms with van der Waals surface area (Å²) in [5.41, 5.74) is 4.74. The molecule has 0 aromatic carbocycles. The number of nitrogens with zero attached hydrogens (tertiary/aromatic N) is 1. The van der Waals surface area contributed by atoms with Crippen molar-refractivity contribution in [2.24, 2.45) is 5.73 Å². The predicted octanol–water partition coefficient (Wildman–Crippen LogP) is -2.30. The fourth-order valence-corrected chi connectivity index (χ4v) is 1.86. The van der Waals surface area contributed by atoms with E-state index in [1.54, 1.807) is 0 Å². The molecule has 2 heterocycles. The molecule has 7 N–H and O–H groups in total. The van der Waals surface area contributed by atoms with Crippen LogP contribution in [-0.4, -0.2) is 74.7 Å². The molecule has 1 aliphatic heterocycles. The van der Waals surface area contributed by atoms with Gasteiger partial charge in [0.2, 0.25) is 0 Å². The van der Waals surface area contributed by atoms with E-state index in [9.17, 15) is 9.90 Å². The first kappa shape index (κ1) is 19.1. The smallest absolute Gasteiger partial charge is 0.271 e. The molecule has 0 spiro atoms. The second kappa shape index (κ2) is 8.60. The molecule has 10 heteroatoms. The van der Waals surface area contributed by atoms with Crippen LogP contribution in [0.2, 0.25) is 0 Å². The normalized spacial score (nSPS) is 26.8. The molecule has 130 valence electrons. The average molecular weight is 332 g/mol. The molecule has 0 radical (unpaired) electrons. The van der Waals surface area contributed by atoms with E-state index >= 15 is 0 Å². The fraction of sp³-hybridized carbons (Fsp3) is 0.538. The van der Waals surface area contributed by atoms with Gasteiger partial charge in [-0.2, -0.15) is 0 Å². The first-order valence-corrected chi connectivity index (χ1v) is 6.64. The van der Waals surface area contributed by atoms with Crippen LogP contribution in [0.4, 0.5) is 0 Å². The van der Waals surface area contributed by atoms with Gasteiger partial charge in [0.05, 0.1) is 19.8 Å². The number of pyridine rings is 1. The lowest BCUT2D eigenvalue weighted by atomic mass is 10.0. The van der Waals surface area contributed by atoms with Crippen LogP contribution in [0.15, 0.2) is 12.3 Å². The van der Waals surface area contributed by atoms with Gasteiger partial charge in [0.15, 0.2) is 23.5 Å². The highest BCUT2D eigenvalue weighted by atomic mass is 16.6. The van der Waals surface area contributed by atoms with Crippen molar-refractivity contribution in [1.29, 1.82) is 0 Å². The van der Waals surface area contributed by atoms with Crippen molar-refractivity contribution in [3.63, 3.8) is 0 Å². The summed E-state index contributed by atoms with van der Waals surface area (Å²) in [6, 6.07) is 1.43. The van der Waals surface area contributed by atoms with Gasteiger partial charge in [0, 0.05) is 18.7 Å². The Labute approximate surface area is 131 Å². The van der Waals surface area contributed by atoms with E-state index in [0.29, 0.717) is 0 Å². The number of hydrogen-bond donors (Lipinski definition) is 6. The van der Waals surface area contributed by atoms with Gasteiger partial charge in [-0.1, -0.05) is 0 Å². The molecule has 0 saturated carbocycles. The molecule has 1 aromatic rings. The van der Waals surface area contributed by atoms with Crippen LogP contribution in [0.25, 0.3) is 0 Å². The Morgan fingerprint density at radius 1 is 1.48 bits per heavy atom. The van der Waals surface area contributed by atoms with Gasteiger partial charge in [0.25, 0.3) is 5.91 Å². The number of methoxy groups -OCH3 is 1. The third-order valence-electron chi connectivity index (χ3n) is 3.07. The van der Waals surface area contributed by atoms with Crippen molar-refractivity contribution in [3.05, 3.63) is 18.0 Å². The number of ether oxygens (including phenoxy) is 2. The summed E-state index contributed by atoms with van der Waals surface area (Å²) in [6.45, 7) is -0.407. The van der Waals surface area contributed by atoms with E-state index in [1.807, 2.05) is 0 Å². The minimum Gasteiger partial charge on any atom is -0.503 e. The summed E-state index contributed by atoms with van der Waals surface area (Å²) in [6.07, 6.45) is -2.78. The molecule has 0 bridgehead atoms. The number of carbonyl (C=O) groups is 1. The molecule has 4 atom stereocenters. The van der Waals surface area contributed by atoms with Crippen LogP contribution in [0.3, 0.4) is 0 Å². The van der Waals surface area contributed by atoms with Gasteiger partial charge in [-0.15, -0.1) is 0 Å². The van der Waals surface area contributed by atoms with Crippen LogP contribution in [0, 0.1) is 0 Å². The number of primary amides is 1. The van der Waals surface area contributed by atoms with E-state index in [4.69, 9.17) is 35.6 Å². The molecule has 0 aliphatic carbocycles. The molecule has 1 aliphatic rings. The number of rotatable bonds is 3. The zero-order chi connectivity index (χ0) is 17.6. The molecular weight excluding hydrogens is 312 g/mol. The molecule has 1 aromatic heterocycles. The second-order valence-corrected chi connectivity index (χ2v) is 4.68. The van der Waals surface area contributed by atoms with Crippen molar-refractivity contribution in [1.82, 2.24) is 4.98 Å². The summed E-state index contributed by atoms with van der Waals surface area (Å²) >= 11 is 0. The number of aromatic hydroxyl groups is 1.